The third-order valence-corrected chi connectivity index (χ3v) is 11.4. The van der Waals surface area contributed by atoms with Gasteiger partial charge in [-0.05, 0) is 55.3 Å². The highest BCUT2D eigenvalue weighted by molar-refractivity contribution is 6.74. The fraction of sp³-hybridized carbons (Fsp3) is 0.696. The Morgan fingerprint density at radius 1 is 1.14 bits per heavy atom. The van der Waals surface area contributed by atoms with E-state index in [1.165, 1.54) is 5.56 Å². The van der Waals surface area contributed by atoms with Gasteiger partial charge in [0.1, 0.15) is 0 Å². The molecule has 1 fully saturated rings. The van der Waals surface area contributed by atoms with E-state index >= 15 is 0 Å². The quantitative estimate of drug-likeness (QED) is 0.518. The Balaban J connectivity index is 2.13. The van der Waals surface area contributed by atoms with Crippen molar-refractivity contribution < 1.29 is 24.5 Å². The molecule has 0 spiro atoms. The van der Waals surface area contributed by atoms with Crippen molar-refractivity contribution in [2.45, 2.75) is 89.3 Å². The molecule has 1 unspecified atom stereocenters. The van der Waals surface area contributed by atoms with Crippen LogP contribution < -0.4 is 0 Å². The van der Waals surface area contributed by atoms with Crippen LogP contribution in [0.4, 0.5) is 0 Å². The zero-order valence-corrected chi connectivity index (χ0v) is 19.5. The minimum absolute atomic E-state index is 0.00807. The van der Waals surface area contributed by atoms with Gasteiger partial charge in [-0.3, -0.25) is 4.79 Å². The second-order valence-electron chi connectivity index (χ2n) is 10.1. The summed E-state index contributed by atoms with van der Waals surface area (Å²) in [4.78, 5) is 11.2. The Bertz CT molecular complexity index is 655. The molecule has 1 aliphatic rings. The maximum atomic E-state index is 11.2. The lowest BCUT2D eigenvalue weighted by molar-refractivity contribution is -0.139. The highest BCUT2D eigenvalue weighted by Gasteiger charge is 2.43. The molecule has 164 valence electrons. The van der Waals surface area contributed by atoms with Crippen LogP contribution in [0.3, 0.4) is 0 Å². The second kappa shape index (κ2) is 9.73. The van der Waals surface area contributed by atoms with Gasteiger partial charge in [-0.15, -0.1) is 0 Å². The van der Waals surface area contributed by atoms with Crippen molar-refractivity contribution >= 4 is 14.3 Å². The number of carbonyl (C=O) groups is 1. The second-order valence-corrected chi connectivity index (χ2v) is 14.8. The minimum atomic E-state index is -1.98. The van der Waals surface area contributed by atoms with Crippen molar-refractivity contribution in [1.82, 2.24) is 0 Å². The summed E-state index contributed by atoms with van der Waals surface area (Å²) in [6, 6.07) is 10.3. The lowest BCUT2D eigenvalue weighted by atomic mass is 9.86. The summed E-state index contributed by atoms with van der Waals surface area (Å²) >= 11 is 0. The molecule has 5 atom stereocenters. The summed E-state index contributed by atoms with van der Waals surface area (Å²) in [6.07, 6.45) is 0.953. The first-order valence-electron chi connectivity index (χ1n) is 10.7. The number of aliphatic carboxylic acids is 1. The number of rotatable bonds is 9. The largest absolute Gasteiger partial charge is 0.481 e. The summed E-state index contributed by atoms with van der Waals surface area (Å²) in [5, 5.41) is 29.9. The van der Waals surface area contributed by atoms with Gasteiger partial charge in [0.05, 0.1) is 18.6 Å². The fourth-order valence-electron chi connectivity index (χ4n) is 4.11. The van der Waals surface area contributed by atoms with Crippen LogP contribution >= 0.6 is 0 Å². The molecule has 1 aromatic rings. The molecule has 0 aliphatic heterocycles. The first kappa shape index (κ1) is 24.1. The summed E-state index contributed by atoms with van der Waals surface area (Å²) in [5.74, 6) is -1.53. The molecule has 6 heteroatoms. The summed E-state index contributed by atoms with van der Waals surface area (Å²) in [6.45, 7) is 11.1. The molecule has 1 saturated carbocycles. The number of carboxylic acid groups (broad SMARTS) is 1. The van der Waals surface area contributed by atoms with Crippen molar-refractivity contribution in [3.8, 4) is 0 Å². The highest BCUT2D eigenvalue weighted by atomic mass is 28.4. The molecule has 0 heterocycles. The van der Waals surface area contributed by atoms with Crippen molar-refractivity contribution in [2.24, 2.45) is 11.8 Å². The van der Waals surface area contributed by atoms with Gasteiger partial charge in [0.2, 0.25) is 0 Å². The van der Waals surface area contributed by atoms with Gasteiger partial charge in [0.15, 0.2) is 8.32 Å². The van der Waals surface area contributed by atoms with Crippen LogP contribution in [-0.4, -0.2) is 47.9 Å². The van der Waals surface area contributed by atoms with E-state index in [4.69, 9.17) is 4.43 Å². The molecule has 0 aromatic heterocycles. The number of hydrogen-bond acceptors (Lipinski definition) is 4. The van der Waals surface area contributed by atoms with E-state index in [1.54, 1.807) is 0 Å². The lowest BCUT2D eigenvalue weighted by Crippen LogP contribution is -2.44. The third-order valence-electron chi connectivity index (χ3n) is 6.83. The molecular weight excluding hydrogens is 384 g/mol. The highest BCUT2D eigenvalue weighted by Crippen LogP contribution is 2.41. The number of benzene rings is 1. The number of hydrogen-bond donors (Lipinski definition) is 3. The lowest BCUT2D eigenvalue weighted by Gasteiger charge is -2.40. The third kappa shape index (κ3) is 6.64. The van der Waals surface area contributed by atoms with Crippen LogP contribution in [0.1, 0.15) is 52.0 Å². The summed E-state index contributed by atoms with van der Waals surface area (Å²) in [7, 11) is -1.98. The van der Waals surface area contributed by atoms with Crippen LogP contribution in [0.5, 0.6) is 0 Å². The van der Waals surface area contributed by atoms with E-state index in [0.29, 0.717) is 6.42 Å². The summed E-state index contributed by atoms with van der Waals surface area (Å²) < 4.78 is 6.72. The molecule has 0 saturated heterocycles. The fourth-order valence-corrected chi connectivity index (χ4v) is 5.50. The zero-order chi connectivity index (χ0) is 21.8. The first-order valence-corrected chi connectivity index (χ1v) is 13.6. The Labute approximate surface area is 176 Å². The maximum Gasteiger partial charge on any atom is 0.303 e. The van der Waals surface area contributed by atoms with E-state index in [1.807, 2.05) is 18.2 Å². The minimum Gasteiger partial charge on any atom is -0.481 e. The molecule has 2 rings (SSSR count). The molecule has 3 N–H and O–H groups in total. The first-order chi connectivity index (χ1) is 13.4. The number of aliphatic hydroxyl groups excluding tert-OH is 2. The van der Waals surface area contributed by atoms with Crippen molar-refractivity contribution in [3.05, 3.63) is 35.9 Å². The van der Waals surface area contributed by atoms with Gasteiger partial charge in [-0.1, -0.05) is 51.1 Å². The van der Waals surface area contributed by atoms with Crippen molar-refractivity contribution in [3.63, 3.8) is 0 Å². The molecule has 0 radical (unpaired) electrons. The Hall–Kier alpha value is -1.21. The summed E-state index contributed by atoms with van der Waals surface area (Å²) in [5.41, 5.74) is 1.21. The smallest absolute Gasteiger partial charge is 0.303 e. The normalized spacial score (nSPS) is 26.4. The molecule has 29 heavy (non-hydrogen) atoms. The van der Waals surface area contributed by atoms with Crippen LogP contribution in [0.2, 0.25) is 18.1 Å². The Kier molecular flexibility index (Phi) is 8.07. The molecule has 5 nitrogen and oxygen atoms in total. The molecule has 0 bridgehead atoms. The van der Waals surface area contributed by atoms with Gasteiger partial charge in [0.25, 0.3) is 0 Å². The Morgan fingerprint density at radius 3 is 2.28 bits per heavy atom. The topological polar surface area (TPSA) is 87.0 Å². The van der Waals surface area contributed by atoms with Crippen LogP contribution in [0, 0.1) is 11.8 Å². The van der Waals surface area contributed by atoms with Crippen molar-refractivity contribution in [1.29, 1.82) is 0 Å². The van der Waals surface area contributed by atoms with E-state index in [-0.39, 0.29) is 29.9 Å². The predicted molar refractivity (Wildman–Crippen MR) is 117 cm³/mol. The monoisotopic (exact) mass is 422 g/mol. The van der Waals surface area contributed by atoms with Crippen LogP contribution in [0.25, 0.3) is 0 Å². The maximum absolute atomic E-state index is 11.2. The van der Waals surface area contributed by atoms with E-state index < -0.39 is 32.4 Å². The van der Waals surface area contributed by atoms with Gasteiger partial charge < -0.3 is 19.7 Å². The molecule has 1 aliphatic carbocycles. The van der Waals surface area contributed by atoms with Crippen LogP contribution in [0.15, 0.2) is 30.3 Å². The van der Waals surface area contributed by atoms with E-state index in [9.17, 15) is 20.1 Å². The number of aliphatic hydroxyl groups is 2. The average Bonchev–Trinajstić information content (AvgIpc) is 2.85. The zero-order valence-electron chi connectivity index (χ0n) is 18.5. The molecule has 0 amide bonds. The van der Waals surface area contributed by atoms with Crippen molar-refractivity contribution in [2.75, 3.05) is 0 Å². The average molecular weight is 423 g/mol. The van der Waals surface area contributed by atoms with E-state index in [0.717, 1.165) is 12.8 Å². The van der Waals surface area contributed by atoms with Gasteiger partial charge in [0, 0.05) is 12.0 Å². The number of carboxylic acids is 1. The van der Waals surface area contributed by atoms with Gasteiger partial charge in [-0.2, -0.15) is 0 Å². The SMILES string of the molecule is CC(C)(C)[Si](C)(C)OC(CC[C@@H]1[C@@H](CC(=O)O)[C@@H](O)C[C@H]1O)Cc1ccccc1. The molecule has 1 aromatic carbocycles. The predicted octanol–water partition coefficient (Wildman–Crippen LogP) is 4.23. The van der Waals surface area contributed by atoms with E-state index in [2.05, 4.69) is 46.0 Å². The standard InChI is InChI=1S/C23H38O5Si/c1-23(2,3)29(4,5)28-17(13-16-9-7-6-8-10-16)11-12-18-19(14-22(26)27)21(25)15-20(18)24/h6-10,17-21,24-25H,11-15H2,1-5H3,(H,26,27)/t17?,18-,19-,20-,21+/m1/s1. The Morgan fingerprint density at radius 2 is 1.72 bits per heavy atom. The van der Waals surface area contributed by atoms with Gasteiger partial charge >= 0.3 is 5.97 Å². The van der Waals surface area contributed by atoms with Crippen LogP contribution in [-0.2, 0) is 15.6 Å². The van der Waals surface area contributed by atoms with Gasteiger partial charge in [-0.25, -0.2) is 0 Å². The molecular formula is C23H38O5Si.